The van der Waals surface area contributed by atoms with Crippen molar-refractivity contribution < 1.29 is 9.62 Å². The largest absolute Gasteiger partial charge is 0.444 e. The zero-order valence-corrected chi connectivity index (χ0v) is 12.7. The van der Waals surface area contributed by atoms with Crippen LogP contribution in [-0.2, 0) is 0 Å². The van der Waals surface area contributed by atoms with Crippen LogP contribution in [0.3, 0.4) is 0 Å². The van der Waals surface area contributed by atoms with Gasteiger partial charge in [0, 0.05) is 16.3 Å². The van der Waals surface area contributed by atoms with Crippen molar-refractivity contribution in [3.05, 3.63) is 66.1 Å². The second-order valence-electron chi connectivity index (χ2n) is 4.62. The van der Waals surface area contributed by atoms with E-state index in [1.807, 2.05) is 23.7 Å². The van der Waals surface area contributed by atoms with Crippen LogP contribution in [0.15, 0.2) is 70.5 Å². The zero-order valence-electron chi connectivity index (χ0n) is 11.9. The third-order valence-electron chi connectivity index (χ3n) is 3.02. The van der Waals surface area contributed by atoms with Gasteiger partial charge < -0.3 is 9.73 Å². The van der Waals surface area contributed by atoms with Gasteiger partial charge in [0.1, 0.15) is 0 Å². The van der Waals surface area contributed by atoms with Crippen LogP contribution in [0.2, 0.25) is 5.02 Å². The van der Waals surface area contributed by atoms with Gasteiger partial charge in [0.15, 0.2) is 12.2 Å². The maximum Gasteiger partial charge on any atom is 0.225 e. The first-order valence-electron chi connectivity index (χ1n) is 6.75. The number of benzene rings is 2. The number of oxazole rings is 1. The number of aromatic nitrogens is 1. The first-order chi connectivity index (χ1) is 11.2. The monoisotopic (exact) mass is 328 g/mol. The Morgan fingerprint density at radius 3 is 2.65 bits per heavy atom. The van der Waals surface area contributed by atoms with Crippen molar-refractivity contribution in [2.24, 2.45) is 4.99 Å². The van der Waals surface area contributed by atoms with Crippen LogP contribution in [0.1, 0.15) is 0 Å². The van der Waals surface area contributed by atoms with Gasteiger partial charge in [0.25, 0.3) is 0 Å². The third kappa shape index (κ3) is 3.88. The summed E-state index contributed by atoms with van der Waals surface area (Å²) in [5, 5.41) is 12.7. The Balaban J connectivity index is 1.78. The molecule has 0 aliphatic carbocycles. The number of nitrogens with one attached hydrogen (secondary N) is 2. The number of hydrogen-bond acceptors (Lipinski definition) is 4. The van der Waals surface area contributed by atoms with Crippen LogP contribution >= 0.6 is 11.6 Å². The molecule has 6 nitrogen and oxygen atoms in total. The lowest BCUT2D eigenvalue weighted by Gasteiger charge is -2.08. The minimum absolute atomic E-state index is 0.180. The smallest absolute Gasteiger partial charge is 0.225 e. The molecular formula is C16H13ClN4O2. The quantitative estimate of drug-likeness (QED) is 0.383. The lowest BCUT2D eigenvalue weighted by atomic mass is 10.2. The minimum atomic E-state index is 0.180. The highest BCUT2D eigenvalue weighted by molar-refractivity contribution is 6.30. The molecule has 23 heavy (non-hydrogen) atoms. The van der Waals surface area contributed by atoms with E-state index in [9.17, 15) is 5.21 Å². The van der Waals surface area contributed by atoms with Crippen molar-refractivity contribution in [2.75, 3.05) is 5.32 Å². The van der Waals surface area contributed by atoms with Gasteiger partial charge >= 0.3 is 0 Å². The zero-order chi connectivity index (χ0) is 16.1. The van der Waals surface area contributed by atoms with E-state index in [4.69, 9.17) is 16.0 Å². The van der Waals surface area contributed by atoms with Gasteiger partial charge in [0.2, 0.25) is 5.96 Å². The Morgan fingerprint density at radius 2 is 2.00 bits per heavy atom. The third-order valence-corrected chi connectivity index (χ3v) is 3.25. The fourth-order valence-corrected chi connectivity index (χ4v) is 2.16. The van der Waals surface area contributed by atoms with E-state index in [0.717, 1.165) is 5.56 Å². The summed E-state index contributed by atoms with van der Waals surface area (Å²) in [4.78, 5) is 8.16. The van der Waals surface area contributed by atoms with Gasteiger partial charge in [-0.25, -0.2) is 15.5 Å². The van der Waals surface area contributed by atoms with E-state index in [1.54, 1.807) is 36.5 Å². The van der Waals surface area contributed by atoms with Gasteiger partial charge in [0.05, 0.1) is 11.9 Å². The van der Waals surface area contributed by atoms with Crippen molar-refractivity contribution in [3.63, 3.8) is 0 Å². The number of guanidine groups is 1. The molecular weight excluding hydrogens is 316 g/mol. The molecule has 3 aromatic rings. The van der Waals surface area contributed by atoms with Crippen LogP contribution in [0, 0.1) is 0 Å². The highest BCUT2D eigenvalue weighted by atomic mass is 35.5. The second-order valence-corrected chi connectivity index (χ2v) is 5.06. The molecule has 0 atom stereocenters. The Morgan fingerprint density at radius 1 is 1.17 bits per heavy atom. The molecule has 0 bridgehead atoms. The molecule has 0 aliphatic rings. The Kier molecular flexibility index (Phi) is 4.56. The first kappa shape index (κ1) is 15.1. The van der Waals surface area contributed by atoms with Gasteiger partial charge in [-0.05, 0) is 42.5 Å². The molecule has 0 unspecified atom stereocenters. The van der Waals surface area contributed by atoms with E-state index in [-0.39, 0.29) is 5.96 Å². The molecule has 0 aliphatic heterocycles. The van der Waals surface area contributed by atoms with Gasteiger partial charge in [-0.1, -0.05) is 17.7 Å². The summed E-state index contributed by atoms with van der Waals surface area (Å²) in [7, 11) is 0. The predicted molar refractivity (Wildman–Crippen MR) is 89.0 cm³/mol. The Labute approximate surface area is 137 Å². The predicted octanol–water partition coefficient (Wildman–Crippen LogP) is 4.07. The van der Waals surface area contributed by atoms with Gasteiger partial charge in [-0.2, -0.15) is 0 Å². The van der Waals surface area contributed by atoms with E-state index in [2.05, 4.69) is 15.3 Å². The average Bonchev–Trinajstić information content (AvgIpc) is 3.09. The summed E-state index contributed by atoms with van der Waals surface area (Å²) in [5.74, 6) is 0.859. The summed E-state index contributed by atoms with van der Waals surface area (Å²) < 4.78 is 5.23. The second kappa shape index (κ2) is 6.95. The molecule has 3 N–H and O–H groups in total. The minimum Gasteiger partial charge on any atom is -0.444 e. The fourth-order valence-electron chi connectivity index (χ4n) is 1.97. The average molecular weight is 329 g/mol. The number of aliphatic imine (C=N–C) groups is 1. The molecule has 3 rings (SSSR count). The number of halogens is 1. The molecule has 1 aromatic heterocycles. The summed E-state index contributed by atoms with van der Waals surface area (Å²) in [6.45, 7) is 0. The molecule has 1 heterocycles. The van der Waals surface area contributed by atoms with E-state index in [1.165, 1.54) is 6.39 Å². The molecule has 0 saturated heterocycles. The first-order valence-corrected chi connectivity index (χ1v) is 7.13. The van der Waals surface area contributed by atoms with Crippen molar-refractivity contribution in [1.82, 2.24) is 10.5 Å². The number of rotatable bonds is 3. The van der Waals surface area contributed by atoms with Gasteiger partial charge in [-0.15, -0.1) is 0 Å². The molecule has 2 aromatic carbocycles. The lowest BCUT2D eigenvalue weighted by molar-refractivity contribution is 0.234. The molecule has 0 spiro atoms. The molecule has 7 heteroatoms. The normalized spacial score (nSPS) is 11.3. The lowest BCUT2D eigenvalue weighted by Crippen LogP contribution is -2.27. The standard InChI is InChI=1S/C16H13ClN4O2/c17-12-2-1-3-14(8-12)20-16(21-22)19-13-6-4-11(5-7-13)15-9-18-10-23-15/h1-10,22H,(H2,19,20,21). The highest BCUT2D eigenvalue weighted by Crippen LogP contribution is 2.22. The van der Waals surface area contributed by atoms with Crippen LogP contribution < -0.4 is 10.8 Å². The fraction of sp³-hybridized carbons (Fsp3) is 0. The molecule has 0 fully saturated rings. The van der Waals surface area contributed by atoms with Crippen molar-refractivity contribution in [1.29, 1.82) is 0 Å². The summed E-state index contributed by atoms with van der Waals surface area (Å²) in [6.07, 6.45) is 3.02. The molecule has 116 valence electrons. The number of hydroxylamine groups is 1. The number of anilines is 1. The molecule has 0 radical (unpaired) electrons. The number of nitrogens with zero attached hydrogens (tertiary/aromatic N) is 2. The maximum absolute atomic E-state index is 9.22. The summed E-state index contributed by atoms with van der Waals surface area (Å²) in [5.41, 5.74) is 4.28. The Hall–Kier alpha value is -2.83. The van der Waals surface area contributed by atoms with Crippen LogP contribution in [0.4, 0.5) is 11.4 Å². The van der Waals surface area contributed by atoms with Crippen LogP contribution in [0.5, 0.6) is 0 Å². The number of hydrogen-bond donors (Lipinski definition) is 3. The highest BCUT2D eigenvalue weighted by Gasteiger charge is 2.03. The Bertz CT molecular complexity index is 801. The van der Waals surface area contributed by atoms with Crippen LogP contribution in [-0.4, -0.2) is 16.2 Å². The summed E-state index contributed by atoms with van der Waals surface area (Å²) >= 11 is 5.92. The van der Waals surface area contributed by atoms with Crippen molar-refractivity contribution in [3.8, 4) is 11.3 Å². The van der Waals surface area contributed by atoms with Crippen molar-refractivity contribution >= 4 is 28.9 Å². The van der Waals surface area contributed by atoms with E-state index < -0.39 is 0 Å². The molecule has 0 amide bonds. The summed E-state index contributed by atoms with van der Waals surface area (Å²) in [6, 6.07) is 14.4. The van der Waals surface area contributed by atoms with Crippen LogP contribution in [0.25, 0.3) is 11.3 Å². The topological polar surface area (TPSA) is 82.7 Å². The SMILES string of the molecule is ONC(=Nc1ccc(-c2cnco2)cc1)Nc1cccc(Cl)c1. The van der Waals surface area contributed by atoms with Crippen molar-refractivity contribution in [2.45, 2.75) is 0 Å². The maximum atomic E-state index is 9.22. The van der Waals surface area contributed by atoms with E-state index in [0.29, 0.717) is 22.2 Å². The van der Waals surface area contributed by atoms with Gasteiger partial charge in [-0.3, -0.25) is 5.21 Å². The van der Waals surface area contributed by atoms with E-state index >= 15 is 0 Å². The molecule has 0 saturated carbocycles.